The Balaban J connectivity index is -0.00000110. The number of ether oxygens (including phenoxy) is 5. The van der Waals surface area contributed by atoms with E-state index < -0.39 is 72.3 Å². The molecule has 2 aliphatic carbocycles. The SMILES string of the molecule is CC(C)(C)OC(=O)NC1(C(=O)OCCl)CCCC1.CC(C)(C)OC(=O)NC1(C(=O)OCOC(=O)/C=C/c2ccc(Cn3ccnc3)cc2)CCCC1.Cl.O=C(O)/C=C/c1ccc(Cn2ccnc2)cc1.O=CO[O-].[2H]CF.[Cs+].[Cs+].[H-]. The minimum Gasteiger partial charge on any atom is -1.00 e. The van der Waals surface area contributed by atoms with Crippen LogP contribution >= 0.6 is 24.0 Å². The molecule has 2 fully saturated rings. The number of carboxylic acids is 1. The second kappa shape index (κ2) is 40.9. The summed E-state index contributed by atoms with van der Waals surface area (Å²) in [6.45, 7) is 11.3. The first-order valence-corrected chi connectivity index (χ1v) is 23.9. The molecule has 4 aromatic rings. The number of carbonyl (C=O) groups excluding carboxylic acids is 6. The van der Waals surface area contributed by atoms with E-state index in [0.29, 0.717) is 32.2 Å². The summed E-state index contributed by atoms with van der Waals surface area (Å²) in [5, 5.41) is 22.2. The van der Waals surface area contributed by atoms with Crippen molar-refractivity contribution in [3.8, 4) is 0 Å². The number of imidazole rings is 2. The van der Waals surface area contributed by atoms with Crippen LogP contribution in [0.4, 0.5) is 14.0 Å². The maximum atomic E-state index is 12.7. The molecule has 0 aliphatic heterocycles. The number of nitrogens with one attached hydrogen (secondary N) is 2. The van der Waals surface area contributed by atoms with Crippen molar-refractivity contribution in [2.45, 2.75) is 128 Å². The predicted octanol–water partition coefficient (Wildman–Crippen LogP) is 1.98. The molecule has 0 spiro atoms. The Hall–Kier alpha value is -3.20. The Morgan fingerprint density at radius 3 is 1.42 bits per heavy atom. The molecule has 21 nitrogen and oxygen atoms in total. The van der Waals surface area contributed by atoms with Crippen LogP contribution in [-0.2, 0) is 65.6 Å². The van der Waals surface area contributed by atoms with E-state index in [-0.39, 0.29) is 164 Å². The number of aromatic nitrogens is 4. The molecule has 0 saturated heterocycles. The molecule has 0 bridgehead atoms. The number of esters is 3. The van der Waals surface area contributed by atoms with Crippen molar-refractivity contribution in [2.24, 2.45) is 0 Å². The average Bonchev–Trinajstić information content (AvgIpc) is 4.22. The van der Waals surface area contributed by atoms with Crippen molar-refractivity contribution in [1.29, 1.82) is 0 Å². The third-order valence-corrected chi connectivity index (χ3v) is 10.5. The molecule has 2 saturated carbocycles. The van der Waals surface area contributed by atoms with Gasteiger partial charge in [0.05, 0.1) is 21.2 Å². The molecule has 78 heavy (non-hydrogen) atoms. The number of benzene rings is 2. The van der Waals surface area contributed by atoms with Crippen molar-refractivity contribution in [1.82, 2.24) is 29.7 Å². The number of rotatable bonds is 16. The van der Waals surface area contributed by atoms with Crippen LogP contribution in [0.1, 0.15) is 118 Å². The quantitative estimate of drug-likeness (QED) is 0.0211. The fourth-order valence-electron chi connectivity index (χ4n) is 7.21. The smallest absolute Gasteiger partial charge is 1.00 e. The van der Waals surface area contributed by atoms with Gasteiger partial charge < -0.3 is 60.1 Å². The standard InChI is InChI=1S/C25H31N3O6.C13H12N2O2.C12H20ClNO4.CH3F.CH2O3.ClH.2Cs.H/c1-24(2,3)34-23(31)27-25(12-4-5-13-25)22(30)33-18-32-21(29)11-10-19-6-8-20(9-7-19)16-28-15-14-26-17-28;16-13(17)6-5-11-1-3-12(4-2-11)9-15-8-7-14-10-15;1-11(2,3)18-10(16)14-12(6-4-5-7-12)9(15)17-8-13;1-2;2-1-4-3;;;;/h6-11,14-15,17H,4-5,12-13,16,18H2,1-3H3,(H,27,31);1-8,10H,9H2,(H,16,17);4-8H2,1-3H3,(H,14,16);1H3;1,3H;1H;;;/q;;;;;;2*+1;-1/p-1/b11-10+;6-5+;;;;;;;/i;;;1D;;;;;. The Labute approximate surface area is 585 Å². The molecule has 3 N–H and O–H groups in total. The topological polar surface area (TPSA) is 278 Å². The van der Waals surface area contributed by atoms with Crippen molar-refractivity contribution in [3.63, 3.8) is 0 Å². The number of carboxylic acid groups (broad SMARTS) is 1. The summed E-state index contributed by atoms with van der Waals surface area (Å²) in [4.78, 5) is 90.1. The minimum absolute atomic E-state index is 0. The van der Waals surface area contributed by atoms with Gasteiger partial charge >= 0.3 is 174 Å². The summed E-state index contributed by atoms with van der Waals surface area (Å²) in [6, 6.07) is 15.2. The number of hydrogen-bond acceptors (Lipinski definition) is 16. The van der Waals surface area contributed by atoms with E-state index in [1.54, 1.807) is 78.7 Å². The van der Waals surface area contributed by atoms with Crippen molar-refractivity contribution < 1.29 is 217 Å². The Morgan fingerprint density at radius 1 is 0.731 bits per heavy atom. The molecule has 420 valence electrons. The molecule has 2 aromatic carbocycles. The maximum absolute atomic E-state index is 12.7. The Kier molecular flexibility index (Phi) is 39.2. The van der Waals surface area contributed by atoms with Crippen LogP contribution in [0.25, 0.3) is 12.2 Å². The third-order valence-electron chi connectivity index (χ3n) is 10.4. The zero-order valence-corrected chi connectivity index (χ0v) is 59.4. The molecule has 0 radical (unpaired) electrons. The molecule has 2 amide bonds. The largest absolute Gasteiger partial charge is 1.00 e. The van der Waals surface area contributed by atoms with Crippen LogP contribution in [0.3, 0.4) is 0 Å². The first-order chi connectivity index (χ1) is 36.0. The molecule has 2 heterocycles. The third kappa shape index (κ3) is 31.7. The van der Waals surface area contributed by atoms with Gasteiger partial charge in [-0.1, -0.05) is 85.8 Å². The van der Waals surface area contributed by atoms with E-state index >= 15 is 0 Å². The van der Waals surface area contributed by atoms with Gasteiger partial charge in [0.2, 0.25) is 6.79 Å². The average molecular weight is 1370 g/mol. The van der Waals surface area contributed by atoms with Crippen molar-refractivity contribution in [2.75, 3.05) is 20.0 Å². The van der Waals surface area contributed by atoms with E-state index in [9.17, 15) is 33.2 Å². The van der Waals surface area contributed by atoms with E-state index in [2.05, 4.69) is 25.5 Å². The minimum atomic E-state index is -1.16. The van der Waals surface area contributed by atoms with Crippen LogP contribution in [0.2, 0.25) is 0 Å². The zero-order valence-electron chi connectivity index (χ0n) is 47.3. The molecular weight excluding hydrogens is 1300 g/mol. The number of nitrogens with zero attached hydrogens (tertiary/aromatic N) is 4. The molecule has 26 heteroatoms. The second-order valence-electron chi connectivity index (χ2n) is 18.5. The first-order valence-electron chi connectivity index (χ1n) is 24.1. The van der Waals surface area contributed by atoms with Gasteiger partial charge in [0.1, 0.15) is 22.3 Å². The molecular formula is C52H69Cl2Cs2FN6O15. The molecule has 0 atom stereocenters. The number of aliphatic carboxylic acids is 1. The van der Waals surface area contributed by atoms with Gasteiger partial charge in [0.25, 0.3) is 6.47 Å². The monoisotopic (exact) mass is 1370 g/mol. The summed E-state index contributed by atoms with van der Waals surface area (Å²) in [5.74, 6) is -2.70. The zero-order chi connectivity index (χ0) is 56.6. The summed E-state index contributed by atoms with van der Waals surface area (Å²) >= 11 is 5.39. The van der Waals surface area contributed by atoms with Crippen molar-refractivity contribution in [3.05, 3.63) is 120 Å². The van der Waals surface area contributed by atoms with Crippen LogP contribution in [0.5, 0.6) is 0 Å². The van der Waals surface area contributed by atoms with Crippen LogP contribution in [-0.4, -0.2) is 109 Å². The fraction of sp³-hybridized carbons (Fsp3) is 0.442. The summed E-state index contributed by atoms with van der Waals surface area (Å²) < 4.78 is 44.8. The summed E-state index contributed by atoms with van der Waals surface area (Å²) in [6.07, 6.45) is 20.4. The van der Waals surface area contributed by atoms with Gasteiger partial charge in [-0.3, -0.25) is 9.18 Å². The number of alkyl carbamates (subject to hydrolysis) is 2. The van der Waals surface area contributed by atoms with E-state index in [4.69, 9.17) is 51.8 Å². The van der Waals surface area contributed by atoms with E-state index in [0.717, 1.165) is 60.6 Å². The van der Waals surface area contributed by atoms with Crippen LogP contribution in [0.15, 0.2) is 98.1 Å². The van der Waals surface area contributed by atoms with Gasteiger partial charge in [0, 0.05) is 50.0 Å². The van der Waals surface area contributed by atoms with Gasteiger partial charge in [-0.2, -0.15) is 0 Å². The van der Waals surface area contributed by atoms with E-state index in [1.807, 2.05) is 70.1 Å². The number of amides is 2. The Morgan fingerprint density at radius 2 is 1.10 bits per heavy atom. The predicted molar refractivity (Wildman–Crippen MR) is 279 cm³/mol. The molecule has 2 aromatic heterocycles. The van der Waals surface area contributed by atoms with Gasteiger partial charge in [0.15, 0.2) is 6.07 Å². The van der Waals surface area contributed by atoms with Gasteiger partial charge in [-0.15, -0.1) is 12.4 Å². The van der Waals surface area contributed by atoms with E-state index in [1.165, 1.54) is 6.08 Å². The fourth-order valence-corrected chi connectivity index (χ4v) is 7.31. The number of halogens is 3. The van der Waals surface area contributed by atoms with Crippen LogP contribution in [0, 0.1) is 0 Å². The van der Waals surface area contributed by atoms with Gasteiger partial charge in [-0.25, -0.2) is 38.7 Å². The number of carbonyl (C=O) groups is 7. The molecule has 2 aliphatic rings. The molecule has 6 rings (SSSR count). The summed E-state index contributed by atoms with van der Waals surface area (Å²) in [5.41, 5.74) is 0.536. The maximum Gasteiger partial charge on any atom is 1.00 e. The first kappa shape index (κ1) is 74.8. The van der Waals surface area contributed by atoms with Crippen LogP contribution < -0.4 is 154 Å². The Bertz CT molecular complexity index is 2460. The van der Waals surface area contributed by atoms with Crippen molar-refractivity contribution >= 4 is 78.7 Å². The summed E-state index contributed by atoms with van der Waals surface area (Å²) in [7, 11) is -1.00. The normalized spacial score (nSPS) is 13.7. The second-order valence-corrected chi connectivity index (χ2v) is 18.8. The number of hydrogen-bond donors (Lipinski definition) is 3. The number of alkyl halides is 2. The van der Waals surface area contributed by atoms with Gasteiger partial charge in [-0.05, 0) is 102 Å². The molecule has 0 unspecified atom stereocenters.